The first-order chi connectivity index (χ1) is 16.0. The number of anilines is 1. The number of hydrogen-bond acceptors (Lipinski definition) is 5. The molecule has 0 heterocycles. The lowest BCUT2D eigenvalue weighted by Crippen LogP contribution is -2.33. The van der Waals surface area contributed by atoms with Gasteiger partial charge in [-0.05, 0) is 56.2 Å². The molecule has 0 atom stereocenters. The van der Waals surface area contributed by atoms with E-state index in [4.69, 9.17) is 0 Å². The number of aliphatic imine (C=N–C) groups is 1. The summed E-state index contributed by atoms with van der Waals surface area (Å²) in [5.74, 6) is -0.868. The lowest BCUT2D eigenvalue weighted by molar-refractivity contribution is -0.123. The second kappa shape index (κ2) is 11.7. The highest BCUT2D eigenvalue weighted by molar-refractivity contribution is 7.89. The predicted molar refractivity (Wildman–Crippen MR) is 136 cm³/mol. The number of allylic oxidation sites excluding steroid dienone is 2. The summed E-state index contributed by atoms with van der Waals surface area (Å²) < 4.78 is 26.4. The Morgan fingerprint density at radius 1 is 1.09 bits per heavy atom. The third-order valence-corrected chi connectivity index (χ3v) is 7.05. The van der Waals surface area contributed by atoms with Crippen molar-refractivity contribution in [3.63, 3.8) is 0 Å². The molecule has 0 aliphatic heterocycles. The Morgan fingerprint density at radius 3 is 2.41 bits per heavy atom. The smallest absolute Gasteiger partial charge is 0.242 e. The molecule has 0 unspecified atom stereocenters. The molecule has 0 bridgehead atoms. The van der Waals surface area contributed by atoms with Crippen molar-refractivity contribution in [2.45, 2.75) is 38.6 Å². The molecular weight excluding hydrogens is 450 g/mol. The molecule has 0 radical (unpaired) electrons. The molecule has 1 amide bonds. The molecule has 0 N–H and O–H groups in total. The number of sulfonamides is 1. The predicted octanol–water partition coefficient (Wildman–Crippen LogP) is 4.21. The molecule has 2 aromatic rings. The van der Waals surface area contributed by atoms with Gasteiger partial charge in [0.25, 0.3) is 0 Å². The molecule has 0 aromatic heterocycles. The van der Waals surface area contributed by atoms with Crippen LogP contribution in [0.3, 0.4) is 0 Å². The van der Waals surface area contributed by atoms with Crippen molar-refractivity contribution in [2.75, 3.05) is 19.0 Å². The fourth-order valence-corrected chi connectivity index (χ4v) is 4.13. The average molecular weight is 482 g/mol. The molecule has 2 rings (SSSR count). The van der Waals surface area contributed by atoms with Crippen LogP contribution in [-0.2, 0) is 26.2 Å². The highest BCUT2D eigenvalue weighted by atomic mass is 32.2. The summed E-state index contributed by atoms with van der Waals surface area (Å²) in [7, 11) is -0.808. The van der Waals surface area contributed by atoms with Crippen molar-refractivity contribution in [3.05, 3.63) is 84.1 Å². The van der Waals surface area contributed by atoms with Crippen molar-refractivity contribution >= 4 is 33.1 Å². The Morgan fingerprint density at radius 2 is 1.79 bits per heavy atom. The van der Waals surface area contributed by atoms with Crippen LogP contribution in [0.4, 0.5) is 5.69 Å². The van der Waals surface area contributed by atoms with Crippen molar-refractivity contribution in [1.82, 2.24) is 4.31 Å². The van der Waals surface area contributed by atoms with Gasteiger partial charge in [0, 0.05) is 26.0 Å². The van der Waals surface area contributed by atoms with Gasteiger partial charge in [0.05, 0.1) is 23.6 Å². The number of ketones is 1. The van der Waals surface area contributed by atoms with Gasteiger partial charge in [0.1, 0.15) is 0 Å². The average Bonchev–Trinajstić information content (AvgIpc) is 2.78. The molecule has 0 saturated carbocycles. The third kappa shape index (κ3) is 6.82. The quantitative estimate of drug-likeness (QED) is 0.289. The number of aryl methyl sites for hydroxylation is 2. The normalized spacial score (nSPS) is 12.2. The minimum atomic E-state index is -3.70. The van der Waals surface area contributed by atoms with Gasteiger partial charge in [-0.15, -0.1) is 0 Å². The minimum Gasteiger partial charge on any atom is -0.308 e. The van der Waals surface area contributed by atoms with E-state index in [1.807, 2.05) is 32.0 Å². The van der Waals surface area contributed by atoms with Crippen LogP contribution in [-0.4, -0.2) is 44.2 Å². The monoisotopic (exact) mass is 481 g/mol. The standard InChI is InChI=1S/C26H31N3O4S/c1-7-8-14-27-21(4)25(30)17-26(31)29(18-22-13-12-19(2)15-20(22)3)23-10-9-11-24(16-23)34(32,33)28(5)6/h7-16H,1,17-18H2,2-6H3/b14-8-,27-21?. The van der Waals surface area contributed by atoms with Gasteiger partial charge < -0.3 is 4.90 Å². The fourth-order valence-electron chi connectivity index (χ4n) is 3.19. The van der Waals surface area contributed by atoms with Gasteiger partial charge in [-0.2, -0.15) is 0 Å². The third-order valence-electron chi connectivity index (χ3n) is 5.24. The van der Waals surface area contributed by atoms with Gasteiger partial charge in [-0.1, -0.05) is 42.5 Å². The van der Waals surface area contributed by atoms with Gasteiger partial charge in [-0.25, -0.2) is 12.7 Å². The highest BCUT2D eigenvalue weighted by Crippen LogP contribution is 2.25. The maximum Gasteiger partial charge on any atom is 0.242 e. The topological polar surface area (TPSA) is 87.1 Å². The van der Waals surface area contributed by atoms with Crippen LogP contribution in [0.1, 0.15) is 30.0 Å². The SMILES string of the molecule is C=C/C=C\N=C(C)C(=O)CC(=O)N(Cc1ccc(C)cc1C)c1cccc(S(=O)(=O)N(C)C)c1. The van der Waals surface area contributed by atoms with E-state index in [9.17, 15) is 18.0 Å². The molecule has 0 aliphatic carbocycles. The zero-order valence-corrected chi connectivity index (χ0v) is 21.1. The Bertz CT molecular complexity index is 1240. The first-order valence-corrected chi connectivity index (χ1v) is 12.2. The number of benzene rings is 2. The highest BCUT2D eigenvalue weighted by Gasteiger charge is 2.24. The maximum absolute atomic E-state index is 13.3. The first-order valence-electron chi connectivity index (χ1n) is 10.7. The van der Waals surface area contributed by atoms with E-state index in [1.165, 1.54) is 43.4 Å². The van der Waals surface area contributed by atoms with Crippen LogP contribution in [0.25, 0.3) is 0 Å². The second-order valence-electron chi connectivity index (χ2n) is 8.09. The zero-order chi connectivity index (χ0) is 25.5. The van der Waals surface area contributed by atoms with Crippen LogP contribution in [0.2, 0.25) is 0 Å². The number of rotatable bonds is 10. The molecule has 0 saturated heterocycles. The molecule has 8 heteroatoms. The fraction of sp³-hybridized carbons (Fsp3) is 0.269. The van der Waals surface area contributed by atoms with Crippen molar-refractivity contribution in [2.24, 2.45) is 4.99 Å². The molecule has 0 fully saturated rings. The van der Waals surface area contributed by atoms with Crippen molar-refractivity contribution in [1.29, 1.82) is 0 Å². The summed E-state index contributed by atoms with van der Waals surface area (Å²) >= 11 is 0. The molecule has 34 heavy (non-hydrogen) atoms. The Kier molecular flexibility index (Phi) is 9.23. The minimum absolute atomic E-state index is 0.0621. The van der Waals surface area contributed by atoms with E-state index >= 15 is 0 Å². The number of carbonyl (C=O) groups is 2. The summed E-state index contributed by atoms with van der Waals surface area (Å²) in [5.41, 5.74) is 3.57. The van der Waals surface area contributed by atoms with Gasteiger partial charge >= 0.3 is 0 Å². The Hall–Kier alpha value is -3.36. The van der Waals surface area contributed by atoms with Crippen LogP contribution in [0.5, 0.6) is 0 Å². The number of amides is 1. The lowest BCUT2D eigenvalue weighted by Gasteiger charge is -2.25. The van der Waals surface area contributed by atoms with Crippen LogP contribution in [0.15, 0.2) is 77.3 Å². The summed E-state index contributed by atoms with van der Waals surface area (Å²) in [6.07, 6.45) is 4.16. The van der Waals surface area contributed by atoms with E-state index in [0.29, 0.717) is 5.69 Å². The van der Waals surface area contributed by atoms with Gasteiger partial charge in [-0.3, -0.25) is 14.6 Å². The molecule has 7 nitrogen and oxygen atoms in total. The summed E-state index contributed by atoms with van der Waals surface area (Å²) in [6.45, 7) is 9.21. The van der Waals surface area contributed by atoms with E-state index < -0.39 is 28.1 Å². The number of hydrogen-bond donors (Lipinski definition) is 0. The Labute approximate surface area is 202 Å². The van der Waals surface area contributed by atoms with E-state index in [0.717, 1.165) is 21.0 Å². The van der Waals surface area contributed by atoms with E-state index in [-0.39, 0.29) is 17.2 Å². The van der Waals surface area contributed by atoms with Crippen LogP contribution < -0.4 is 4.90 Å². The summed E-state index contributed by atoms with van der Waals surface area (Å²) in [6, 6.07) is 12.1. The summed E-state index contributed by atoms with van der Waals surface area (Å²) in [5, 5.41) is 0. The van der Waals surface area contributed by atoms with Crippen LogP contribution in [0, 0.1) is 13.8 Å². The van der Waals surface area contributed by atoms with E-state index in [1.54, 1.807) is 25.1 Å². The van der Waals surface area contributed by atoms with Crippen molar-refractivity contribution < 1.29 is 18.0 Å². The second-order valence-corrected chi connectivity index (χ2v) is 10.2. The maximum atomic E-state index is 13.3. The largest absolute Gasteiger partial charge is 0.308 e. The van der Waals surface area contributed by atoms with Crippen LogP contribution >= 0.6 is 0 Å². The lowest BCUT2D eigenvalue weighted by atomic mass is 10.0. The molecule has 0 spiro atoms. The number of Topliss-reactive ketones (excluding diaryl/α,β-unsaturated/α-hetero) is 1. The molecule has 180 valence electrons. The molecular formula is C26H31N3O4S. The molecule has 0 aliphatic rings. The summed E-state index contributed by atoms with van der Waals surface area (Å²) in [4.78, 5) is 31.5. The van der Waals surface area contributed by atoms with E-state index in [2.05, 4.69) is 11.6 Å². The van der Waals surface area contributed by atoms with Gasteiger partial charge in [0.2, 0.25) is 15.9 Å². The van der Waals surface area contributed by atoms with Gasteiger partial charge in [0.15, 0.2) is 5.78 Å². The molecule has 2 aromatic carbocycles. The van der Waals surface area contributed by atoms with Crippen molar-refractivity contribution in [3.8, 4) is 0 Å². The number of nitrogens with zero attached hydrogens (tertiary/aromatic N) is 3. The Balaban J connectivity index is 2.47. The zero-order valence-electron chi connectivity index (χ0n) is 20.3. The first kappa shape index (κ1) is 26.9. The number of carbonyl (C=O) groups excluding carboxylic acids is 2.